The van der Waals surface area contributed by atoms with Gasteiger partial charge in [-0.3, -0.25) is 4.79 Å². The van der Waals surface area contributed by atoms with Gasteiger partial charge in [0.05, 0.1) is 19.1 Å². The third-order valence-corrected chi connectivity index (χ3v) is 2.71. The van der Waals surface area contributed by atoms with E-state index in [0.717, 1.165) is 17.6 Å². The zero-order chi connectivity index (χ0) is 14.3. The molecule has 1 rings (SSSR count). The summed E-state index contributed by atoms with van der Waals surface area (Å²) in [7, 11) is 1.60. The molecule has 0 heterocycles. The van der Waals surface area contributed by atoms with Gasteiger partial charge in [0.25, 0.3) is 0 Å². The van der Waals surface area contributed by atoms with E-state index in [-0.39, 0.29) is 18.5 Å². The molecule has 0 bridgehead atoms. The molecule has 0 unspecified atom stereocenters. The number of methoxy groups -OCH3 is 1. The van der Waals surface area contributed by atoms with E-state index in [0.29, 0.717) is 6.42 Å². The second-order valence-corrected chi connectivity index (χ2v) is 4.64. The van der Waals surface area contributed by atoms with Crippen LogP contribution in [0.25, 0.3) is 0 Å². The van der Waals surface area contributed by atoms with Crippen LogP contribution in [0.1, 0.15) is 25.8 Å². The Morgan fingerprint density at radius 2 is 1.89 bits per heavy atom. The first-order valence-electron chi connectivity index (χ1n) is 6.34. The molecule has 0 spiro atoms. The number of esters is 1. The van der Waals surface area contributed by atoms with Gasteiger partial charge in [-0.05, 0) is 38.0 Å². The zero-order valence-electron chi connectivity index (χ0n) is 11.6. The SMILES string of the molecule is COc1ccc(C[C@@H](CC=O)C(=O)OC(C)C)cc1. The van der Waals surface area contributed by atoms with Gasteiger partial charge >= 0.3 is 5.97 Å². The number of aldehydes is 1. The van der Waals surface area contributed by atoms with Gasteiger partial charge in [-0.25, -0.2) is 0 Å². The van der Waals surface area contributed by atoms with Gasteiger partial charge < -0.3 is 14.3 Å². The molecular weight excluding hydrogens is 244 g/mol. The number of benzene rings is 1. The minimum absolute atomic E-state index is 0.169. The molecule has 0 amide bonds. The molecule has 19 heavy (non-hydrogen) atoms. The lowest BCUT2D eigenvalue weighted by molar-refractivity contribution is -0.153. The third kappa shape index (κ3) is 5.12. The molecular formula is C15H20O4. The highest BCUT2D eigenvalue weighted by atomic mass is 16.5. The molecule has 0 aliphatic carbocycles. The molecule has 1 aromatic rings. The molecule has 0 saturated heterocycles. The van der Waals surface area contributed by atoms with Crippen molar-refractivity contribution in [1.82, 2.24) is 0 Å². The summed E-state index contributed by atoms with van der Waals surface area (Å²) in [6.45, 7) is 3.59. The Morgan fingerprint density at radius 1 is 1.26 bits per heavy atom. The summed E-state index contributed by atoms with van der Waals surface area (Å²) in [5.74, 6) is 0.0201. The van der Waals surface area contributed by atoms with Crippen LogP contribution in [0.15, 0.2) is 24.3 Å². The first-order chi connectivity index (χ1) is 9.06. The van der Waals surface area contributed by atoms with E-state index in [9.17, 15) is 9.59 Å². The highest BCUT2D eigenvalue weighted by Gasteiger charge is 2.21. The van der Waals surface area contributed by atoms with E-state index in [1.807, 2.05) is 24.3 Å². The van der Waals surface area contributed by atoms with E-state index in [4.69, 9.17) is 9.47 Å². The number of hydrogen-bond acceptors (Lipinski definition) is 4. The lowest BCUT2D eigenvalue weighted by atomic mass is 9.97. The normalized spacial score (nSPS) is 12.0. The molecule has 0 aromatic heterocycles. The molecule has 0 saturated carbocycles. The Bertz CT molecular complexity index is 409. The Morgan fingerprint density at radius 3 is 2.37 bits per heavy atom. The maximum Gasteiger partial charge on any atom is 0.309 e. The van der Waals surface area contributed by atoms with Crippen LogP contribution in [0.4, 0.5) is 0 Å². The molecule has 1 aromatic carbocycles. The molecule has 1 atom stereocenters. The summed E-state index contributed by atoms with van der Waals surface area (Å²) in [5, 5.41) is 0. The maximum absolute atomic E-state index is 11.9. The molecule has 4 heteroatoms. The van der Waals surface area contributed by atoms with Crippen molar-refractivity contribution in [3.05, 3.63) is 29.8 Å². The van der Waals surface area contributed by atoms with Crippen LogP contribution in [0.3, 0.4) is 0 Å². The van der Waals surface area contributed by atoms with E-state index < -0.39 is 5.92 Å². The quantitative estimate of drug-likeness (QED) is 0.560. The van der Waals surface area contributed by atoms with Gasteiger partial charge in [0.1, 0.15) is 12.0 Å². The van der Waals surface area contributed by atoms with Gasteiger partial charge in [0.15, 0.2) is 0 Å². The van der Waals surface area contributed by atoms with Crippen molar-refractivity contribution < 1.29 is 19.1 Å². The van der Waals surface area contributed by atoms with Crippen molar-refractivity contribution in [3.8, 4) is 5.75 Å². The molecule has 0 N–H and O–H groups in total. The summed E-state index contributed by atoms with van der Waals surface area (Å²) in [5.41, 5.74) is 0.980. The van der Waals surface area contributed by atoms with E-state index in [1.165, 1.54) is 0 Å². The van der Waals surface area contributed by atoms with Gasteiger partial charge in [-0.15, -0.1) is 0 Å². The van der Waals surface area contributed by atoms with Crippen molar-refractivity contribution >= 4 is 12.3 Å². The summed E-state index contributed by atoms with van der Waals surface area (Å²) in [6.07, 6.45) is 1.26. The molecule has 4 nitrogen and oxygen atoms in total. The predicted molar refractivity (Wildman–Crippen MR) is 72.1 cm³/mol. The van der Waals surface area contributed by atoms with E-state index in [1.54, 1.807) is 21.0 Å². The number of ether oxygens (including phenoxy) is 2. The van der Waals surface area contributed by atoms with Crippen LogP contribution >= 0.6 is 0 Å². The molecule has 0 aliphatic rings. The van der Waals surface area contributed by atoms with Crippen molar-refractivity contribution in [1.29, 1.82) is 0 Å². The largest absolute Gasteiger partial charge is 0.497 e. The van der Waals surface area contributed by atoms with E-state index in [2.05, 4.69) is 0 Å². The first kappa shape index (κ1) is 15.2. The van der Waals surface area contributed by atoms with Crippen LogP contribution in [-0.4, -0.2) is 25.5 Å². The highest BCUT2D eigenvalue weighted by Crippen LogP contribution is 2.17. The lowest BCUT2D eigenvalue weighted by Gasteiger charge is -2.16. The monoisotopic (exact) mass is 264 g/mol. The summed E-state index contributed by atoms with van der Waals surface area (Å²) in [4.78, 5) is 22.5. The second-order valence-electron chi connectivity index (χ2n) is 4.64. The van der Waals surface area contributed by atoms with Crippen molar-refractivity contribution in [2.75, 3.05) is 7.11 Å². The first-order valence-corrected chi connectivity index (χ1v) is 6.34. The topological polar surface area (TPSA) is 52.6 Å². The van der Waals surface area contributed by atoms with Crippen LogP contribution in [0, 0.1) is 5.92 Å². The number of rotatable bonds is 7. The lowest BCUT2D eigenvalue weighted by Crippen LogP contribution is -2.23. The second kappa shape index (κ2) is 7.56. The van der Waals surface area contributed by atoms with Crippen molar-refractivity contribution in [2.45, 2.75) is 32.8 Å². The number of carbonyl (C=O) groups is 2. The van der Waals surface area contributed by atoms with Crippen LogP contribution in [0.2, 0.25) is 0 Å². The van der Waals surface area contributed by atoms with Crippen LogP contribution in [-0.2, 0) is 20.7 Å². The predicted octanol–water partition coefficient (Wildman–Crippen LogP) is 2.39. The molecule has 0 fully saturated rings. The number of hydrogen-bond donors (Lipinski definition) is 0. The fourth-order valence-electron chi connectivity index (χ4n) is 1.75. The average molecular weight is 264 g/mol. The Balaban J connectivity index is 2.71. The zero-order valence-corrected chi connectivity index (χ0v) is 11.6. The minimum Gasteiger partial charge on any atom is -0.497 e. The third-order valence-electron chi connectivity index (χ3n) is 2.71. The maximum atomic E-state index is 11.9. The minimum atomic E-state index is -0.423. The molecule has 104 valence electrons. The van der Waals surface area contributed by atoms with Crippen molar-refractivity contribution in [2.24, 2.45) is 5.92 Å². The van der Waals surface area contributed by atoms with Crippen molar-refractivity contribution in [3.63, 3.8) is 0 Å². The Hall–Kier alpha value is -1.84. The van der Waals surface area contributed by atoms with E-state index >= 15 is 0 Å². The van der Waals surface area contributed by atoms with Gasteiger partial charge in [-0.1, -0.05) is 12.1 Å². The average Bonchev–Trinajstić information content (AvgIpc) is 2.38. The summed E-state index contributed by atoms with van der Waals surface area (Å²) in [6, 6.07) is 7.45. The van der Waals surface area contributed by atoms with Crippen LogP contribution < -0.4 is 4.74 Å². The van der Waals surface area contributed by atoms with Gasteiger partial charge in [-0.2, -0.15) is 0 Å². The Kier molecular flexibility index (Phi) is 6.06. The van der Waals surface area contributed by atoms with Gasteiger partial charge in [0, 0.05) is 6.42 Å². The van der Waals surface area contributed by atoms with Crippen LogP contribution in [0.5, 0.6) is 5.75 Å². The van der Waals surface area contributed by atoms with Gasteiger partial charge in [0.2, 0.25) is 0 Å². The highest BCUT2D eigenvalue weighted by molar-refractivity contribution is 5.76. The fourth-order valence-corrected chi connectivity index (χ4v) is 1.75. The summed E-state index contributed by atoms with van der Waals surface area (Å²) >= 11 is 0. The number of carbonyl (C=O) groups excluding carboxylic acids is 2. The Labute approximate surface area is 113 Å². The molecule has 0 radical (unpaired) electrons. The summed E-state index contributed by atoms with van der Waals surface area (Å²) < 4.78 is 10.2. The fraction of sp³-hybridized carbons (Fsp3) is 0.467. The smallest absolute Gasteiger partial charge is 0.309 e. The molecule has 0 aliphatic heterocycles. The standard InChI is InChI=1S/C15H20O4/c1-11(2)19-15(17)13(8-9-16)10-12-4-6-14(18-3)7-5-12/h4-7,9,11,13H,8,10H2,1-3H3/t13-/m1/s1.